The Morgan fingerprint density at radius 3 is 2.36 bits per heavy atom. The minimum atomic E-state index is -0.636. The van der Waals surface area contributed by atoms with Crippen LogP contribution in [0.25, 0.3) is 0 Å². The van der Waals surface area contributed by atoms with Crippen molar-refractivity contribution in [2.24, 2.45) is 11.3 Å². The van der Waals surface area contributed by atoms with Crippen LogP contribution in [0.4, 0.5) is 0 Å². The number of hydrogen-bond acceptors (Lipinski definition) is 1. The minimum Gasteiger partial charge on any atom is -0.377 e. The van der Waals surface area contributed by atoms with Gasteiger partial charge in [-0.15, -0.1) is 0 Å². The third-order valence-corrected chi connectivity index (χ3v) is 7.38. The quantitative estimate of drug-likeness (QED) is 0.539. The van der Waals surface area contributed by atoms with E-state index in [0.717, 1.165) is 6.61 Å². The van der Waals surface area contributed by atoms with Gasteiger partial charge in [0.25, 0.3) is 0 Å². The lowest BCUT2D eigenvalue weighted by Crippen LogP contribution is -2.54. The van der Waals surface area contributed by atoms with Crippen LogP contribution in [0.15, 0.2) is 0 Å². The second kappa shape index (κ2) is 4.54. The summed E-state index contributed by atoms with van der Waals surface area (Å²) in [4.78, 5) is 0. The third-order valence-electron chi connectivity index (χ3n) is 4.19. The molecule has 0 N–H and O–H groups in total. The summed E-state index contributed by atoms with van der Waals surface area (Å²) in [6.07, 6.45) is 3.67. The van der Waals surface area contributed by atoms with Gasteiger partial charge in [-0.25, -0.2) is 0 Å². The highest BCUT2D eigenvalue weighted by Gasteiger charge is 2.48. The normalized spacial score (nSPS) is 30.4. The molecule has 0 aromatic carbocycles. The Labute approximate surface area is 95.1 Å². The molecule has 84 valence electrons. The summed E-state index contributed by atoms with van der Waals surface area (Å²) in [5.74, 6) is 0.631. The van der Waals surface area contributed by atoms with Crippen LogP contribution in [-0.2, 0) is 4.74 Å². The van der Waals surface area contributed by atoms with Gasteiger partial charge in [-0.2, -0.15) is 11.1 Å². The molecule has 0 amide bonds. The van der Waals surface area contributed by atoms with Gasteiger partial charge in [-0.05, 0) is 30.6 Å². The van der Waals surface area contributed by atoms with E-state index in [-0.39, 0.29) is 10.6 Å². The maximum absolute atomic E-state index is 6.28. The van der Waals surface area contributed by atoms with E-state index in [1.165, 1.54) is 19.3 Å². The second-order valence-corrected chi connectivity index (χ2v) is 7.52. The summed E-state index contributed by atoms with van der Waals surface area (Å²) < 4.78 is 6.07. The molecule has 0 spiro atoms. The van der Waals surface area contributed by atoms with Crippen molar-refractivity contribution < 1.29 is 4.74 Å². The fraction of sp³-hybridized carbons (Fsp3) is 1.00. The van der Waals surface area contributed by atoms with Crippen LogP contribution in [0, 0.1) is 11.3 Å². The summed E-state index contributed by atoms with van der Waals surface area (Å²) in [6, 6.07) is 0. The van der Waals surface area contributed by atoms with Crippen molar-refractivity contribution in [2.45, 2.75) is 52.2 Å². The summed E-state index contributed by atoms with van der Waals surface area (Å²) in [6.45, 7) is 10.1. The van der Waals surface area contributed by atoms with Crippen molar-refractivity contribution in [3.05, 3.63) is 0 Å². The fourth-order valence-corrected chi connectivity index (χ4v) is 5.19. The Morgan fingerprint density at radius 2 is 2.00 bits per heavy atom. The highest BCUT2D eigenvalue weighted by molar-refractivity contribution is 6.95. The van der Waals surface area contributed by atoms with Gasteiger partial charge in [0, 0.05) is 6.61 Å². The van der Waals surface area contributed by atoms with E-state index in [0.29, 0.717) is 5.92 Å². The number of halogens is 1. The summed E-state index contributed by atoms with van der Waals surface area (Å²) in [5.41, 5.74) is 0.224. The van der Waals surface area contributed by atoms with Crippen LogP contribution in [0.1, 0.15) is 47.0 Å². The predicted molar refractivity (Wildman–Crippen MR) is 65.6 cm³/mol. The van der Waals surface area contributed by atoms with Crippen molar-refractivity contribution >= 4 is 19.9 Å². The first-order valence-electron chi connectivity index (χ1n) is 5.66. The van der Waals surface area contributed by atoms with E-state index in [1.54, 1.807) is 0 Å². The van der Waals surface area contributed by atoms with Crippen LogP contribution < -0.4 is 0 Å². The second-order valence-electron chi connectivity index (χ2n) is 5.31. The maximum Gasteiger partial charge on any atom is 0.161 e. The van der Waals surface area contributed by atoms with Gasteiger partial charge in [0.05, 0.1) is 5.22 Å². The molecule has 0 aliphatic carbocycles. The first-order valence-corrected chi connectivity index (χ1v) is 8.51. The van der Waals surface area contributed by atoms with Gasteiger partial charge in [-0.3, -0.25) is 0 Å². The molecule has 3 heteroatoms. The van der Waals surface area contributed by atoms with Crippen LogP contribution >= 0.6 is 11.1 Å². The molecule has 1 aliphatic rings. The Bertz CT molecular complexity index is 186. The molecular formula is C11H23ClOSi. The Balaban J connectivity index is 2.86. The summed E-state index contributed by atoms with van der Waals surface area (Å²) in [7, 11) is -0.636. The zero-order valence-electron chi connectivity index (χ0n) is 9.90. The molecule has 1 nitrogen and oxygen atoms in total. The van der Waals surface area contributed by atoms with Crippen molar-refractivity contribution in [3.8, 4) is 0 Å². The molecule has 0 bridgehead atoms. The number of rotatable bonds is 3. The van der Waals surface area contributed by atoms with Crippen LogP contribution in [0.2, 0.25) is 0 Å². The SMILES string of the molecule is CC(C)C(C)(C)C1([SiH2]Cl)CCCCO1. The predicted octanol–water partition coefficient (Wildman–Crippen LogP) is 2.89. The maximum atomic E-state index is 6.28. The first kappa shape index (κ1) is 12.5. The standard InChI is InChI=1S/C11H23ClOSi/c1-9(2)10(3,4)11(14-12)7-5-6-8-13-11/h9H,5-8,14H2,1-4H3. The average Bonchev–Trinajstić information content (AvgIpc) is 2.18. The molecule has 0 saturated carbocycles. The Kier molecular flexibility index (Phi) is 4.07. The molecule has 1 aliphatic heterocycles. The van der Waals surface area contributed by atoms with Gasteiger partial charge < -0.3 is 4.74 Å². The van der Waals surface area contributed by atoms with E-state index in [4.69, 9.17) is 15.8 Å². The molecule has 0 aromatic heterocycles. The van der Waals surface area contributed by atoms with E-state index >= 15 is 0 Å². The van der Waals surface area contributed by atoms with Gasteiger partial charge in [0.1, 0.15) is 0 Å². The molecule has 1 atom stereocenters. The van der Waals surface area contributed by atoms with Crippen molar-refractivity contribution in [3.63, 3.8) is 0 Å². The fourth-order valence-electron chi connectivity index (χ4n) is 2.16. The minimum absolute atomic E-state index is 0.0426. The monoisotopic (exact) mass is 234 g/mol. The molecular weight excluding hydrogens is 212 g/mol. The Hall–Kier alpha value is 0.467. The lowest BCUT2D eigenvalue weighted by atomic mass is 9.73. The zero-order valence-corrected chi connectivity index (χ0v) is 12.1. The smallest absolute Gasteiger partial charge is 0.161 e. The van der Waals surface area contributed by atoms with Crippen molar-refractivity contribution in [1.29, 1.82) is 0 Å². The molecule has 1 rings (SSSR count). The molecule has 0 aromatic rings. The van der Waals surface area contributed by atoms with Crippen molar-refractivity contribution in [1.82, 2.24) is 0 Å². The van der Waals surface area contributed by atoms with Gasteiger partial charge in [0.2, 0.25) is 0 Å². The summed E-state index contributed by atoms with van der Waals surface area (Å²) in [5, 5.41) is 0.0426. The topological polar surface area (TPSA) is 9.23 Å². The molecule has 1 fully saturated rings. The lowest BCUT2D eigenvalue weighted by molar-refractivity contribution is -0.107. The molecule has 1 unspecified atom stereocenters. The van der Waals surface area contributed by atoms with Gasteiger partial charge in [-0.1, -0.05) is 27.7 Å². The highest BCUT2D eigenvalue weighted by atomic mass is 35.6. The first-order chi connectivity index (χ1) is 6.46. The van der Waals surface area contributed by atoms with E-state index in [2.05, 4.69) is 27.7 Å². The highest BCUT2D eigenvalue weighted by Crippen LogP contribution is 2.45. The molecule has 1 saturated heterocycles. The Morgan fingerprint density at radius 1 is 1.36 bits per heavy atom. The lowest BCUT2D eigenvalue weighted by Gasteiger charge is -2.50. The van der Waals surface area contributed by atoms with Crippen LogP contribution in [0.5, 0.6) is 0 Å². The zero-order chi connectivity index (χ0) is 10.8. The van der Waals surface area contributed by atoms with Gasteiger partial charge >= 0.3 is 0 Å². The van der Waals surface area contributed by atoms with Crippen molar-refractivity contribution in [2.75, 3.05) is 6.61 Å². The van der Waals surface area contributed by atoms with Crippen LogP contribution in [-0.4, -0.2) is 20.7 Å². The summed E-state index contributed by atoms with van der Waals surface area (Å²) >= 11 is 6.28. The average molecular weight is 235 g/mol. The van der Waals surface area contributed by atoms with Gasteiger partial charge in [0.15, 0.2) is 8.83 Å². The molecule has 1 heterocycles. The van der Waals surface area contributed by atoms with E-state index < -0.39 is 8.83 Å². The molecule has 14 heavy (non-hydrogen) atoms. The number of ether oxygens (including phenoxy) is 1. The van der Waals surface area contributed by atoms with E-state index in [9.17, 15) is 0 Å². The largest absolute Gasteiger partial charge is 0.377 e. The molecule has 0 radical (unpaired) electrons. The third kappa shape index (κ3) is 2.02. The van der Waals surface area contributed by atoms with E-state index in [1.807, 2.05) is 0 Å². The van der Waals surface area contributed by atoms with Crippen LogP contribution in [0.3, 0.4) is 0 Å². The number of hydrogen-bond donors (Lipinski definition) is 0.